The van der Waals surface area contributed by atoms with Gasteiger partial charge in [0.15, 0.2) is 0 Å². The van der Waals surface area contributed by atoms with E-state index in [9.17, 15) is 4.79 Å². The number of carbonyl (C=O) groups is 1. The molecule has 60 valence electrons. The van der Waals surface area contributed by atoms with Gasteiger partial charge in [0.1, 0.15) is 0 Å². The molecule has 0 bridgehead atoms. The van der Waals surface area contributed by atoms with Gasteiger partial charge in [0.25, 0.3) is 0 Å². The maximum absolute atomic E-state index is 10.9. The van der Waals surface area contributed by atoms with Crippen LogP contribution in [-0.2, 0) is 11.2 Å². The largest absolute Gasteiger partial charge is 0.359 e. The Hall–Kier alpha value is -0.830. The number of carbonyl (C=O) groups excluding carboxylic acids is 1. The number of rotatable bonds is 2. The standard InChI is InChI=1S/C8H11NOS/c1-6-3-7(11-5-6)4-8(10)9-2/h3,5H,4H2,1-2H3,(H,9,10). The first kappa shape index (κ1) is 8.27. The van der Waals surface area contributed by atoms with Gasteiger partial charge in [-0.25, -0.2) is 0 Å². The van der Waals surface area contributed by atoms with Crippen molar-refractivity contribution in [3.05, 3.63) is 21.9 Å². The molecule has 1 rings (SSSR count). The number of thiophene rings is 1. The van der Waals surface area contributed by atoms with Crippen molar-refractivity contribution >= 4 is 17.2 Å². The summed E-state index contributed by atoms with van der Waals surface area (Å²) in [6.07, 6.45) is 0.509. The maximum atomic E-state index is 10.9. The van der Waals surface area contributed by atoms with E-state index in [1.165, 1.54) is 5.56 Å². The summed E-state index contributed by atoms with van der Waals surface area (Å²) in [5, 5.41) is 4.64. The Kier molecular flexibility index (Phi) is 2.65. The molecule has 0 aliphatic heterocycles. The Balaban J connectivity index is 2.57. The SMILES string of the molecule is CNC(=O)Cc1cc(C)cs1. The predicted octanol–water partition coefficient (Wildman–Crippen LogP) is 1.35. The van der Waals surface area contributed by atoms with Crippen LogP contribution >= 0.6 is 11.3 Å². The number of likely N-dealkylation sites (N-methyl/N-ethyl adjacent to an activating group) is 1. The summed E-state index contributed by atoms with van der Waals surface area (Å²) in [7, 11) is 1.66. The highest BCUT2D eigenvalue weighted by Gasteiger charge is 2.01. The first-order chi connectivity index (χ1) is 5.22. The molecule has 0 unspecified atom stereocenters. The van der Waals surface area contributed by atoms with Crippen LogP contribution in [0, 0.1) is 6.92 Å². The Labute approximate surface area is 70.2 Å². The molecule has 0 radical (unpaired) electrons. The van der Waals surface area contributed by atoms with Crippen molar-refractivity contribution in [1.29, 1.82) is 0 Å². The first-order valence-corrected chi connectivity index (χ1v) is 4.35. The molecule has 0 atom stereocenters. The zero-order valence-electron chi connectivity index (χ0n) is 6.68. The highest BCUT2D eigenvalue weighted by atomic mass is 32.1. The predicted molar refractivity (Wildman–Crippen MR) is 46.8 cm³/mol. The highest BCUT2D eigenvalue weighted by molar-refractivity contribution is 7.10. The average Bonchev–Trinajstić information content (AvgIpc) is 2.35. The van der Waals surface area contributed by atoms with Crippen molar-refractivity contribution < 1.29 is 4.79 Å². The van der Waals surface area contributed by atoms with Crippen molar-refractivity contribution in [2.24, 2.45) is 0 Å². The summed E-state index contributed by atoms with van der Waals surface area (Å²) in [5.41, 5.74) is 1.23. The number of aryl methyl sites for hydroxylation is 1. The van der Waals surface area contributed by atoms with Crippen LogP contribution in [0.25, 0.3) is 0 Å². The molecule has 0 spiro atoms. The maximum Gasteiger partial charge on any atom is 0.224 e. The van der Waals surface area contributed by atoms with Crippen molar-refractivity contribution in [2.45, 2.75) is 13.3 Å². The van der Waals surface area contributed by atoms with Crippen molar-refractivity contribution in [3.63, 3.8) is 0 Å². The lowest BCUT2D eigenvalue weighted by Gasteiger charge is -1.94. The van der Waals surface area contributed by atoms with E-state index >= 15 is 0 Å². The molecular formula is C8H11NOS. The van der Waals surface area contributed by atoms with E-state index in [0.29, 0.717) is 6.42 Å². The van der Waals surface area contributed by atoms with Gasteiger partial charge in [-0.2, -0.15) is 0 Å². The molecule has 1 N–H and O–H groups in total. The molecule has 0 saturated heterocycles. The Bertz CT molecular complexity index is 254. The fraction of sp³-hybridized carbons (Fsp3) is 0.375. The van der Waals surface area contributed by atoms with Crippen molar-refractivity contribution in [2.75, 3.05) is 7.05 Å². The molecule has 0 aliphatic rings. The second-order valence-electron chi connectivity index (χ2n) is 2.44. The summed E-state index contributed by atoms with van der Waals surface area (Å²) in [5.74, 6) is 0.0758. The summed E-state index contributed by atoms with van der Waals surface area (Å²) >= 11 is 1.63. The quantitative estimate of drug-likeness (QED) is 0.711. The third-order valence-electron chi connectivity index (χ3n) is 1.40. The van der Waals surface area contributed by atoms with Crippen molar-refractivity contribution in [3.8, 4) is 0 Å². The average molecular weight is 169 g/mol. The molecule has 1 amide bonds. The van der Waals surface area contributed by atoms with E-state index < -0.39 is 0 Å². The number of hydrogen-bond acceptors (Lipinski definition) is 2. The van der Waals surface area contributed by atoms with Crippen molar-refractivity contribution in [1.82, 2.24) is 5.32 Å². The Morgan fingerprint density at radius 1 is 1.73 bits per heavy atom. The van der Waals surface area contributed by atoms with Crippen LogP contribution < -0.4 is 5.32 Å². The fourth-order valence-electron chi connectivity index (χ4n) is 0.830. The van der Waals surface area contributed by atoms with E-state index in [4.69, 9.17) is 0 Å². The van der Waals surface area contributed by atoms with Crippen LogP contribution in [0.5, 0.6) is 0 Å². The molecular weight excluding hydrogens is 158 g/mol. The molecule has 2 nitrogen and oxygen atoms in total. The molecule has 1 aromatic heterocycles. The van der Waals surface area contributed by atoms with Gasteiger partial charge in [-0.1, -0.05) is 0 Å². The smallest absolute Gasteiger partial charge is 0.224 e. The third-order valence-corrected chi connectivity index (χ3v) is 2.45. The molecule has 0 saturated carbocycles. The van der Waals surface area contributed by atoms with Gasteiger partial charge in [0.05, 0.1) is 6.42 Å². The van der Waals surface area contributed by atoms with E-state index in [-0.39, 0.29) is 5.91 Å². The van der Waals surface area contributed by atoms with E-state index in [2.05, 4.69) is 10.7 Å². The van der Waals surface area contributed by atoms with Crippen LogP contribution in [0.1, 0.15) is 10.4 Å². The van der Waals surface area contributed by atoms with Gasteiger partial charge in [-0.05, 0) is 23.9 Å². The monoisotopic (exact) mass is 169 g/mol. The second-order valence-corrected chi connectivity index (χ2v) is 3.44. The first-order valence-electron chi connectivity index (χ1n) is 3.47. The van der Waals surface area contributed by atoms with Gasteiger partial charge in [0, 0.05) is 11.9 Å². The lowest BCUT2D eigenvalue weighted by molar-refractivity contribution is -0.119. The zero-order chi connectivity index (χ0) is 8.27. The molecule has 0 aromatic carbocycles. The van der Waals surface area contributed by atoms with Crippen LogP contribution in [0.15, 0.2) is 11.4 Å². The zero-order valence-corrected chi connectivity index (χ0v) is 7.49. The van der Waals surface area contributed by atoms with Crippen LogP contribution in [0.3, 0.4) is 0 Å². The minimum absolute atomic E-state index is 0.0758. The highest BCUT2D eigenvalue weighted by Crippen LogP contribution is 2.13. The fourth-order valence-corrected chi connectivity index (χ4v) is 1.70. The molecule has 1 heterocycles. The minimum atomic E-state index is 0.0758. The lowest BCUT2D eigenvalue weighted by Crippen LogP contribution is -2.19. The topological polar surface area (TPSA) is 29.1 Å². The van der Waals surface area contributed by atoms with Gasteiger partial charge < -0.3 is 5.32 Å². The van der Waals surface area contributed by atoms with E-state index in [1.807, 2.05) is 13.0 Å². The summed E-state index contributed by atoms with van der Waals surface area (Å²) in [4.78, 5) is 12.0. The molecule has 0 fully saturated rings. The number of hydrogen-bond donors (Lipinski definition) is 1. The summed E-state index contributed by atoms with van der Waals surface area (Å²) in [6, 6.07) is 2.04. The number of nitrogens with one attached hydrogen (secondary N) is 1. The summed E-state index contributed by atoms with van der Waals surface area (Å²) < 4.78 is 0. The Morgan fingerprint density at radius 3 is 2.91 bits per heavy atom. The molecule has 1 aromatic rings. The van der Waals surface area contributed by atoms with Crippen LogP contribution in [0.2, 0.25) is 0 Å². The van der Waals surface area contributed by atoms with Gasteiger partial charge in [0.2, 0.25) is 5.91 Å². The second kappa shape index (κ2) is 3.53. The van der Waals surface area contributed by atoms with E-state index in [1.54, 1.807) is 18.4 Å². The Morgan fingerprint density at radius 2 is 2.45 bits per heavy atom. The van der Waals surface area contributed by atoms with Crippen LogP contribution in [0.4, 0.5) is 0 Å². The molecule has 0 aliphatic carbocycles. The van der Waals surface area contributed by atoms with Gasteiger partial charge >= 0.3 is 0 Å². The molecule has 3 heteroatoms. The minimum Gasteiger partial charge on any atom is -0.359 e. The summed E-state index contributed by atoms with van der Waals surface area (Å²) in [6.45, 7) is 2.03. The third kappa shape index (κ3) is 2.35. The lowest BCUT2D eigenvalue weighted by atomic mass is 10.3. The van der Waals surface area contributed by atoms with Gasteiger partial charge in [-0.3, -0.25) is 4.79 Å². The van der Waals surface area contributed by atoms with Crippen LogP contribution in [-0.4, -0.2) is 13.0 Å². The normalized spacial score (nSPS) is 9.64. The number of amides is 1. The molecule has 11 heavy (non-hydrogen) atoms. The van der Waals surface area contributed by atoms with Gasteiger partial charge in [-0.15, -0.1) is 11.3 Å². The van der Waals surface area contributed by atoms with E-state index in [0.717, 1.165) is 4.88 Å².